The van der Waals surface area contributed by atoms with Crippen LogP contribution in [0.3, 0.4) is 0 Å². The first-order chi connectivity index (χ1) is 8.24. The second-order valence-electron chi connectivity index (χ2n) is 3.22. The van der Waals surface area contributed by atoms with Crippen molar-refractivity contribution in [1.82, 2.24) is 0 Å². The Kier molecular flexibility index (Phi) is 15.6. The Balaban J connectivity index is 0. The first-order valence-electron chi connectivity index (χ1n) is 6.25. The van der Waals surface area contributed by atoms with Crippen LogP contribution in [0.5, 0.6) is 0 Å². The summed E-state index contributed by atoms with van der Waals surface area (Å²) in [5, 5.41) is 0. The molecule has 0 heterocycles. The van der Waals surface area contributed by atoms with Crippen LogP contribution in [-0.2, 0) is 0 Å². The molecule has 17 heavy (non-hydrogen) atoms. The van der Waals surface area contributed by atoms with Crippen LogP contribution in [0, 0.1) is 6.92 Å². The SMILES string of the molecule is C/C=C/c1ccc(C)cc1.C/C=C\CN.CC. The van der Waals surface area contributed by atoms with Crippen LogP contribution < -0.4 is 5.73 Å². The third-order valence-electron chi connectivity index (χ3n) is 1.81. The lowest BCUT2D eigenvalue weighted by molar-refractivity contribution is 1.25. The minimum atomic E-state index is 0.663. The van der Waals surface area contributed by atoms with Crippen molar-refractivity contribution in [2.24, 2.45) is 5.73 Å². The summed E-state index contributed by atoms with van der Waals surface area (Å²) in [4.78, 5) is 0. The molecule has 0 radical (unpaired) electrons. The van der Waals surface area contributed by atoms with E-state index in [9.17, 15) is 0 Å². The smallest absolute Gasteiger partial charge is 0.0106 e. The lowest BCUT2D eigenvalue weighted by Gasteiger charge is -1.92. The van der Waals surface area contributed by atoms with E-state index >= 15 is 0 Å². The molecule has 1 heteroatoms. The average molecular weight is 233 g/mol. The van der Waals surface area contributed by atoms with Crippen LogP contribution in [-0.4, -0.2) is 6.54 Å². The largest absolute Gasteiger partial charge is 0.327 e. The highest BCUT2D eigenvalue weighted by atomic mass is 14.5. The predicted molar refractivity (Wildman–Crippen MR) is 81.1 cm³/mol. The van der Waals surface area contributed by atoms with Crippen LogP contribution in [0.4, 0.5) is 0 Å². The molecule has 0 unspecified atom stereocenters. The van der Waals surface area contributed by atoms with Gasteiger partial charge in [0, 0.05) is 6.54 Å². The molecule has 96 valence electrons. The van der Waals surface area contributed by atoms with Crippen molar-refractivity contribution in [2.75, 3.05) is 6.54 Å². The van der Waals surface area contributed by atoms with E-state index in [2.05, 4.69) is 37.3 Å². The molecule has 0 aliphatic rings. The van der Waals surface area contributed by atoms with Crippen molar-refractivity contribution in [3.05, 3.63) is 53.6 Å². The third-order valence-corrected chi connectivity index (χ3v) is 1.81. The summed E-state index contributed by atoms with van der Waals surface area (Å²) in [6.45, 7) is 10.7. The zero-order valence-electron chi connectivity index (χ0n) is 11.9. The molecule has 1 aromatic carbocycles. The summed E-state index contributed by atoms with van der Waals surface area (Å²) in [6, 6.07) is 8.48. The van der Waals surface area contributed by atoms with Gasteiger partial charge in [0.05, 0.1) is 0 Å². The van der Waals surface area contributed by atoms with Crippen molar-refractivity contribution in [1.29, 1.82) is 0 Å². The molecule has 0 fully saturated rings. The highest BCUT2D eigenvalue weighted by Gasteiger charge is 1.83. The maximum absolute atomic E-state index is 5.05. The molecular formula is C16H27N. The van der Waals surface area contributed by atoms with Gasteiger partial charge in [-0.1, -0.05) is 68.0 Å². The van der Waals surface area contributed by atoms with Gasteiger partial charge in [0.2, 0.25) is 0 Å². The van der Waals surface area contributed by atoms with E-state index < -0.39 is 0 Å². The fraction of sp³-hybridized carbons (Fsp3) is 0.375. The van der Waals surface area contributed by atoms with Crippen LogP contribution in [0.15, 0.2) is 42.5 Å². The molecule has 0 atom stereocenters. The Hall–Kier alpha value is -1.34. The van der Waals surface area contributed by atoms with Crippen LogP contribution >= 0.6 is 0 Å². The molecule has 0 aliphatic carbocycles. The molecule has 1 rings (SSSR count). The van der Waals surface area contributed by atoms with Gasteiger partial charge >= 0.3 is 0 Å². The summed E-state index contributed by atoms with van der Waals surface area (Å²) in [7, 11) is 0. The Morgan fingerprint density at radius 3 is 1.82 bits per heavy atom. The topological polar surface area (TPSA) is 26.0 Å². The van der Waals surface area contributed by atoms with E-state index in [0.717, 1.165) is 0 Å². The molecule has 0 spiro atoms. The summed E-state index contributed by atoms with van der Waals surface area (Å²) < 4.78 is 0. The molecule has 1 nitrogen and oxygen atoms in total. The van der Waals surface area contributed by atoms with Gasteiger partial charge in [0.1, 0.15) is 0 Å². The summed E-state index contributed by atoms with van der Waals surface area (Å²) in [5.41, 5.74) is 7.64. The van der Waals surface area contributed by atoms with Gasteiger partial charge in [-0.25, -0.2) is 0 Å². The minimum Gasteiger partial charge on any atom is -0.327 e. The number of aryl methyl sites for hydroxylation is 1. The van der Waals surface area contributed by atoms with E-state index in [1.54, 1.807) is 0 Å². The van der Waals surface area contributed by atoms with Crippen molar-refractivity contribution < 1.29 is 0 Å². The van der Waals surface area contributed by atoms with Gasteiger partial charge in [0.15, 0.2) is 0 Å². The molecule has 0 aliphatic heterocycles. The minimum absolute atomic E-state index is 0.663. The quantitative estimate of drug-likeness (QED) is 0.744. The molecule has 2 N–H and O–H groups in total. The number of hydrogen-bond donors (Lipinski definition) is 1. The van der Waals surface area contributed by atoms with Gasteiger partial charge in [-0.2, -0.15) is 0 Å². The first kappa shape index (κ1) is 18.0. The molecule has 0 saturated carbocycles. The number of allylic oxidation sites excluding steroid dienone is 2. The van der Waals surface area contributed by atoms with Gasteiger partial charge in [-0.3, -0.25) is 0 Å². The van der Waals surface area contributed by atoms with Crippen LogP contribution in [0.1, 0.15) is 38.8 Å². The second kappa shape index (κ2) is 14.7. The molecule has 1 aromatic rings. The standard InChI is InChI=1S/C10H12.C4H9N.C2H6/c1-3-4-10-7-5-9(2)6-8-10;1-2-3-4-5;1-2/h3-8H,1-2H3;2-3H,4-5H2,1H3;1-2H3/b4-3+;3-2-;. The van der Waals surface area contributed by atoms with Gasteiger partial charge in [-0.15, -0.1) is 0 Å². The van der Waals surface area contributed by atoms with Gasteiger partial charge in [0.25, 0.3) is 0 Å². The molecule has 0 bridgehead atoms. The average Bonchev–Trinajstić information content (AvgIpc) is 2.37. The maximum atomic E-state index is 5.05. The van der Waals surface area contributed by atoms with Crippen molar-refractivity contribution in [3.8, 4) is 0 Å². The summed E-state index contributed by atoms with van der Waals surface area (Å²) >= 11 is 0. The highest BCUT2D eigenvalue weighted by molar-refractivity contribution is 5.48. The van der Waals surface area contributed by atoms with E-state index in [0.29, 0.717) is 6.54 Å². The van der Waals surface area contributed by atoms with Gasteiger partial charge in [-0.05, 0) is 26.3 Å². The number of nitrogens with two attached hydrogens (primary N) is 1. The Morgan fingerprint density at radius 2 is 1.53 bits per heavy atom. The Bertz CT molecular complexity index is 294. The second-order valence-corrected chi connectivity index (χ2v) is 3.22. The van der Waals surface area contributed by atoms with Crippen LogP contribution in [0.2, 0.25) is 0 Å². The molecule has 0 amide bonds. The highest BCUT2D eigenvalue weighted by Crippen LogP contribution is 2.04. The number of rotatable bonds is 2. The van der Waals surface area contributed by atoms with Crippen molar-refractivity contribution in [3.63, 3.8) is 0 Å². The fourth-order valence-electron chi connectivity index (χ4n) is 1.01. The zero-order valence-corrected chi connectivity index (χ0v) is 11.9. The van der Waals surface area contributed by atoms with E-state index in [4.69, 9.17) is 5.73 Å². The lowest BCUT2D eigenvalue weighted by atomic mass is 10.1. The molecular weight excluding hydrogens is 206 g/mol. The third kappa shape index (κ3) is 12.6. The van der Waals surface area contributed by atoms with E-state index in [1.807, 2.05) is 45.9 Å². The predicted octanol–water partition coefficient (Wildman–Crippen LogP) is 4.58. The Morgan fingerprint density at radius 1 is 1.00 bits per heavy atom. The van der Waals surface area contributed by atoms with Crippen molar-refractivity contribution >= 4 is 6.08 Å². The summed E-state index contributed by atoms with van der Waals surface area (Å²) in [5.74, 6) is 0. The number of hydrogen-bond acceptors (Lipinski definition) is 1. The maximum Gasteiger partial charge on any atom is 0.0106 e. The zero-order chi connectivity index (χ0) is 13.5. The Labute approximate surface area is 107 Å². The summed E-state index contributed by atoms with van der Waals surface area (Å²) in [6.07, 6.45) is 7.98. The van der Waals surface area contributed by atoms with E-state index in [-0.39, 0.29) is 0 Å². The van der Waals surface area contributed by atoms with Crippen LogP contribution in [0.25, 0.3) is 6.08 Å². The van der Waals surface area contributed by atoms with Crippen molar-refractivity contribution in [2.45, 2.75) is 34.6 Å². The fourth-order valence-corrected chi connectivity index (χ4v) is 1.01. The number of benzene rings is 1. The van der Waals surface area contributed by atoms with E-state index in [1.165, 1.54) is 11.1 Å². The molecule has 0 aromatic heterocycles. The first-order valence-corrected chi connectivity index (χ1v) is 6.25. The lowest BCUT2D eigenvalue weighted by Crippen LogP contribution is -1.90. The van der Waals surface area contributed by atoms with Gasteiger partial charge < -0.3 is 5.73 Å². The monoisotopic (exact) mass is 233 g/mol. The molecule has 0 saturated heterocycles. The normalized spacial score (nSPS) is 9.53.